The first-order valence-electron chi connectivity index (χ1n) is 8.07. The zero-order valence-corrected chi connectivity index (χ0v) is 13.4. The molecule has 1 fully saturated rings. The molecule has 1 saturated heterocycles. The lowest BCUT2D eigenvalue weighted by Gasteiger charge is -2.23. The molecule has 23 heavy (non-hydrogen) atoms. The Balaban J connectivity index is 1.59. The Morgan fingerprint density at radius 2 is 1.87 bits per heavy atom. The fourth-order valence-corrected chi connectivity index (χ4v) is 2.82. The first kappa shape index (κ1) is 15.5. The fraction of sp³-hybridized carbons (Fsp3) is 0.471. The summed E-state index contributed by atoms with van der Waals surface area (Å²) in [6.45, 7) is 6.69. The predicted molar refractivity (Wildman–Crippen MR) is 86.9 cm³/mol. The Bertz CT molecular complexity index is 673. The highest BCUT2D eigenvalue weighted by molar-refractivity contribution is 5.49. The minimum atomic E-state index is 0.702. The van der Waals surface area contributed by atoms with Crippen molar-refractivity contribution in [3.63, 3.8) is 0 Å². The fourth-order valence-electron chi connectivity index (χ4n) is 2.82. The van der Waals surface area contributed by atoms with Gasteiger partial charge in [0.1, 0.15) is 0 Å². The van der Waals surface area contributed by atoms with E-state index in [0.717, 1.165) is 39.0 Å². The third-order valence-electron chi connectivity index (χ3n) is 4.12. The molecular formula is C17H21N5O. The second kappa shape index (κ2) is 7.25. The predicted octanol–water partition coefficient (Wildman–Crippen LogP) is 2.22. The van der Waals surface area contributed by atoms with E-state index >= 15 is 0 Å². The second-order valence-electron chi connectivity index (χ2n) is 5.72. The molecule has 2 heterocycles. The molecule has 1 aliphatic rings. The van der Waals surface area contributed by atoms with Crippen LogP contribution < -0.4 is 4.90 Å². The zero-order valence-electron chi connectivity index (χ0n) is 13.4. The van der Waals surface area contributed by atoms with Crippen LogP contribution in [0.2, 0.25) is 0 Å². The van der Waals surface area contributed by atoms with Crippen molar-refractivity contribution in [2.75, 3.05) is 31.1 Å². The van der Waals surface area contributed by atoms with Gasteiger partial charge in [0.25, 0.3) is 0 Å². The molecule has 1 aromatic heterocycles. The summed E-state index contributed by atoms with van der Waals surface area (Å²) in [5.74, 6) is 1.41. The minimum Gasteiger partial charge on any atom is -0.424 e. The van der Waals surface area contributed by atoms with Crippen molar-refractivity contribution in [1.82, 2.24) is 15.1 Å². The molecule has 1 aromatic carbocycles. The van der Waals surface area contributed by atoms with E-state index in [1.807, 2.05) is 31.2 Å². The van der Waals surface area contributed by atoms with Crippen LogP contribution in [-0.2, 0) is 13.0 Å². The summed E-state index contributed by atoms with van der Waals surface area (Å²) in [5, 5.41) is 17.0. The molecule has 0 saturated carbocycles. The summed E-state index contributed by atoms with van der Waals surface area (Å²) in [6, 6.07) is 9.97. The molecule has 2 aromatic rings. The van der Waals surface area contributed by atoms with Gasteiger partial charge >= 0.3 is 0 Å². The third kappa shape index (κ3) is 3.88. The molecule has 1 aliphatic heterocycles. The van der Waals surface area contributed by atoms with E-state index in [1.54, 1.807) is 0 Å². The monoisotopic (exact) mass is 311 g/mol. The molecule has 0 unspecified atom stereocenters. The average Bonchev–Trinajstić information content (AvgIpc) is 2.92. The number of nitriles is 1. The normalized spacial score (nSPS) is 16.1. The number of hydrogen-bond acceptors (Lipinski definition) is 6. The molecule has 0 aliphatic carbocycles. The SMILES string of the molecule is CCc1nnc(CN2CCCN(c3ccc(C#N)cc3)CC2)o1. The van der Waals surface area contributed by atoms with Crippen LogP contribution in [0.1, 0.15) is 30.7 Å². The molecular weight excluding hydrogens is 290 g/mol. The van der Waals surface area contributed by atoms with Crippen LogP contribution in [0.25, 0.3) is 0 Å². The summed E-state index contributed by atoms with van der Waals surface area (Å²) in [5.41, 5.74) is 1.88. The largest absolute Gasteiger partial charge is 0.424 e. The topological polar surface area (TPSA) is 69.2 Å². The molecule has 3 rings (SSSR count). The van der Waals surface area contributed by atoms with E-state index in [2.05, 4.69) is 26.1 Å². The molecule has 0 atom stereocenters. The van der Waals surface area contributed by atoms with Gasteiger partial charge in [-0.2, -0.15) is 5.26 Å². The Labute approximate surface area is 136 Å². The molecule has 120 valence electrons. The number of aryl methyl sites for hydroxylation is 1. The van der Waals surface area contributed by atoms with Gasteiger partial charge in [0.15, 0.2) is 0 Å². The van der Waals surface area contributed by atoms with Gasteiger partial charge in [-0.25, -0.2) is 0 Å². The molecule has 6 heteroatoms. The maximum atomic E-state index is 8.89. The summed E-state index contributed by atoms with van der Waals surface area (Å²) in [6.07, 6.45) is 1.87. The number of benzene rings is 1. The van der Waals surface area contributed by atoms with Crippen LogP contribution >= 0.6 is 0 Å². The lowest BCUT2D eigenvalue weighted by molar-refractivity contribution is 0.252. The van der Waals surface area contributed by atoms with Gasteiger partial charge in [-0.15, -0.1) is 10.2 Å². The molecule has 0 radical (unpaired) electrons. The van der Waals surface area contributed by atoms with Gasteiger partial charge in [0.05, 0.1) is 18.2 Å². The molecule has 0 amide bonds. The van der Waals surface area contributed by atoms with Gasteiger partial charge in [0, 0.05) is 38.3 Å². The quantitative estimate of drug-likeness (QED) is 0.862. The summed E-state index contributed by atoms with van der Waals surface area (Å²) in [4.78, 5) is 4.73. The maximum Gasteiger partial charge on any atom is 0.230 e. The van der Waals surface area contributed by atoms with Crippen molar-refractivity contribution in [3.8, 4) is 6.07 Å². The van der Waals surface area contributed by atoms with Gasteiger partial charge in [0.2, 0.25) is 11.8 Å². The van der Waals surface area contributed by atoms with Crippen molar-refractivity contribution in [2.45, 2.75) is 26.3 Å². The molecule has 0 spiro atoms. The van der Waals surface area contributed by atoms with Crippen molar-refractivity contribution in [2.24, 2.45) is 0 Å². The highest BCUT2D eigenvalue weighted by Crippen LogP contribution is 2.18. The summed E-state index contributed by atoms with van der Waals surface area (Å²) in [7, 11) is 0. The van der Waals surface area contributed by atoms with Gasteiger partial charge in [-0.3, -0.25) is 4.90 Å². The van der Waals surface area contributed by atoms with Crippen LogP contribution in [0.3, 0.4) is 0 Å². The van der Waals surface area contributed by atoms with Crippen LogP contribution in [0.15, 0.2) is 28.7 Å². The smallest absolute Gasteiger partial charge is 0.230 e. The summed E-state index contributed by atoms with van der Waals surface area (Å²) >= 11 is 0. The first-order chi connectivity index (χ1) is 11.3. The van der Waals surface area contributed by atoms with Crippen molar-refractivity contribution in [3.05, 3.63) is 41.6 Å². The lowest BCUT2D eigenvalue weighted by atomic mass is 10.2. The highest BCUT2D eigenvalue weighted by Gasteiger charge is 2.17. The van der Waals surface area contributed by atoms with Gasteiger partial charge in [-0.05, 0) is 30.7 Å². The Kier molecular flexibility index (Phi) is 4.89. The van der Waals surface area contributed by atoms with E-state index in [1.165, 1.54) is 5.69 Å². The van der Waals surface area contributed by atoms with Crippen molar-refractivity contribution >= 4 is 5.69 Å². The number of nitrogens with zero attached hydrogens (tertiary/aromatic N) is 5. The van der Waals surface area contributed by atoms with Crippen LogP contribution in [0.4, 0.5) is 5.69 Å². The van der Waals surface area contributed by atoms with Crippen LogP contribution in [0, 0.1) is 11.3 Å². The first-order valence-corrected chi connectivity index (χ1v) is 8.07. The highest BCUT2D eigenvalue weighted by atomic mass is 16.4. The Hall–Kier alpha value is -2.39. The van der Waals surface area contributed by atoms with E-state index < -0.39 is 0 Å². The number of hydrogen-bond donors (Lipinski definition) is 0. The Morgan fingerprint density at radius 3 is 2.57 bits per heavy atom. The van der Waals surface area contributed by atoms with Crippen LogP contribution in [-0.4, -0.2) is 41.3 Å². The zero-order chi connectivity index (χ0) is 16.1. The minimum absolute atomic E-state index is 0.702. The van der Waals surface area contributed by atoms with E-state index in [4.69, 9.17) is 9.68 Å². The van der Waals surface area contributed by atoms with Crippen LogP contribution in [0.5, 0.6) is 0 Å². The third-order valence-corrected chi connectivity index (χ3v) is 4.12. The molecule has 0 N–H and O–H groups in total. The second-order valence-corrected chi connectivity index (χ2v) is 5.72. The van der Waals surface area contributed by atoms with Gasteiger partial charge in [-0.1, -0.05) is 6.92 Å². The van der Waals surface area contributed by atoms with E-state index in [-0.39, 0.29) is 0 Å². The van der Waals surface area contributed by atoms with Gasteiger partial charge < -0.3 is 9.32 Å². The number of aromatic nitrogens is 2. The summed E-state index contributed by atoms with van der Waals surface area (Å²) < 4.78 is 5.61. The standard InChI is InChI=1S/C17H21N5O/c1-2-16-19-20-17(23-16)13-21-8-3-9-22(11-10-21)15-6-4-14(12-18)5-7-15/h4-7H,2-3,8-11,13H2,1H3. The average molecular weight is 311 g/mol. The van der Waals surface area contributed by atoms with E-state index in [9.17, 15) is 0 Å². The number of rotatable bonds is 4. The van der Waals surface area contributed by atoms with E-state index in [0.29, 0.717) is 23.9 Å². The van der Waals surface area contributed by atoms with Crippen molar-refractivity contribution < 1.29 is 4.42 Å². The molecule has 0 bridgehead atoms. The Morgan fingerprint density at radius 1 is 1.09 bits per heavy atom. The molecule has 6 nitrogen and oxygen atoms in total. The number of anilines is 1. The maximum absolute atomic E-state index is 8.89. The van der Waals surface area contributed by atoms with Crippen molar-refractivity contribution in [1.29, 1.82) is 5.26 Å². The lowest BCUT2D eigenvalue weighted by Crippen LogP contribution is -2.30.